The van der Waals surface area contributed by atoms with Crippen molar-refractivity contribution in [3.63, 3.8) is 0 Å². The first-order valence-electron chi connectivity index (χ1n) is 6.47. The topological polar surface area (TPSA) is 88.5 Å². The van der Waals surface area contributed by atoms with Crippen LogP contribution in [-0.4, -0.2) is 49.0 Å². The van der Waals surface area contributed by atoms with Gasteiger partial charge < -0.3 is 21.3 Å². The first-order valence-corrected chi connectivity index (χ1v) is 7.29. The fraction of sp³-hybridized carbons (Fsp3) is 0.385. The van der Waals surface area contributed by atoms with E-state index >= 15 is 0 Å². The number of pyridine rings is 1. The van der Waals surface area contributed by atoms with Crippen molar-refractivity contribution in [2.45, 2.75) is 0 Å². The van der Waals surface area contributed by atoms with E-state index in [1.54, 1.807) is 6.20 Å². The van der Waals surface area contributed by atoms with Gasteiger partial charge in [-0.2, -0.15) is 0 Å². The van der Waals surface area contributed by atoms with Crippen LogP contribution in [0.1, 0.15) is 9.67 Å². The molecule has 3 heterocycles. The van der Waals surface area contributed by atoms with Crippen LogP contribution in [0.3, 0.4) is 0 Å². The highest BCUT2D eigenvalue weighted by atomic mass is 32.1. The summed E-state index contributed by atoms with van der Waals surface area (Å²) in [5.41, 5.74) is 13.0. The van der Waals surface area contributed by atoms with Crippen LogP contribution in [0.4, 0.5) is 11.4 Å². The molecule has 0 saturated carbocycles. The van der Waals surface area contributed by atoms with Crippen LogP contribution in [0.5, 0.6) is 0 Å². The molecule has 0 atom stereocenters. The number of nitrogens with two attached hydrogens (primary N) is 2. The summed E-state index contributed by atoms with van der Waals surface area (Å²) in [5, 5.41) is 0.906. The van der Waals surface area contributed by atoms with Gasteiger partial charge in [0.05, 0.1) is 22.3 Å². The number of hydrogen-bond acceptors (Lipinski definition) is 6. The number of fused-ring (bicyclic) bond motifs is 1. The average molecular weight is 291 g/mol. The lowest BCUT2D eigenvalue weighted by atomic mass is 10.2. The Morgan fingerprint density at radius 1 is 1.30 bits per heavy atom. The number of nitrogens with zero attached hydrogens (tertiary/aromatic N) is 3. The first kappa shape index (κ1) is 13.1. The highest BCUT2D eigenvalue weighted by Gasteiger charge is 2.21. The molecule has 1 aliphatic heterocycles. The minimum absolute atomic E-state index is 0.420. The van der Waals surface area contributed by atoms with E-state index in [1.165, 1.54) is 11.3 Å². The lowest BCUT2D eigenvalue weighted by Crippen LogP contribution is -2.44. The molecule has 7 heteroatoms. The zero-order valence-corrected chi connectivity index (χ0v) is 12.1. The van der Waals surface area contributed by atoms with Gasteiger partial charge in [-0.05, 0) is 7.05 Å². The fourth-order valence-electron chi connectivity index (χ4n) is 2.53. The lowest BCUT2D eigenvalue weighted by molar-refractivity contribution is 0.100. The fourth-order valence-corrected chi connectivity index (χ4v) is 3.49. The van der Waals surface area contributed by atoms with Crippen molar-refractivity contribution >= 4 is 38.7 Å². The molecule has 0 bridgehead atoms. The van der Waals surface area contributed by atoms with Gasteiger partial charge in [-0.1, -0.05) is 0 Å². The van der Waals surface area contributed by atoms with Gasteiger partial charge in [-0.25, -0.2) is 0 Å². The predicted octanol–water partition coefficient (Wildman–Crippen LogP) is 0.729. The van der Waals surface area contributed by atoms with Gasteiger partial charge in [-0.3, -0.25) is 9.78 Å². The molecule has 0 radical (unpaired) electrons. The second kappa shape index (κ2) is 4.92. The van der Waals surface area contributed by atoms with E-state index < -0.39 is 5.91 Å². The Hall–Kier alpha value is -1.86. The molecule has 2 aromatic heterocycles. The molecule has 0 spiro atoms. The molecule has 1 saturated heterocycles. The standard InChI is InChI=1S/C13H17N5OS/c1-17-2-4-18(5-3-17)8-6-16-7-9-10(8)11(14)12(20-9)13(15)19/h6-7H,2-5,14H2,1H3,(H2,15,19). The number of piperazine rings is 1. The van der Waals surface area contributed by atoms with Gasteiger partial charge in [-0.15, -0.1) is 11.3 Å². The Morgan fingerprint density at radius 2 is 2.00 bits per heavy atom. The molecule has 2 aromatic rings. The molecular formula is C13H17N5OS. The smallest absolute Gasteiger partial charge is 0.260 e. The quantitative estimate of drug-likeness (QED) is 0.851. The van der Waals surface area contributed by atoms with Crippen molar-refractivity contribution in [1.82, 2.24) is 9.88 Å². The largest absolute Gasteiger partial charge is 0.397 e. The second-order valence-corrected chi connectivity index (χ2v) is 6.08. The molecule has 3 rings (SSSR count). The van der Waals surface area contributed by atoms with Crippen LogP contribution in [0.15, 0.2) is 12.4 Å². The molecule has 0 unspecified atom stereocenters. The zero-order valence-electron chi connectivity index (χ0n) is 11.3. The van der Waals surface area contributed by atoms with Crippen LogP contribution in [-0.2, 0) is 0 Å². The predicted molar refractivity (Wildman–Crippen MR) is 82.3 cm³/mol. The summed E-state index contributed by atoms with van der Waals surface area (Å²) < 4.78 is 0.910. The van der Waals surface area contributed by atoms with E-state index in [2.05, 4.69) is 21.8 Å². The minimum atomic E-state index is -0.479. The van der Waals surface area contributed by atoms with Crippen molar-refractivity contribution in [3.8, 4) is 0 Å². The Kier molecular flexibility index (Phi) is 3.23. The van der Waals surface area contributed by atoms with Gasteiger partial charge in [0.15, 0.2) is 0 Å². The Labute approximate surface area is 121 Å². The molecule has 1 fully saturated rings. The SMILES string of the molecule is CN1CCN(c2cncc3sc(C(N)=O)c(N)c23)CC1. The Bertz CT molecular complexity index is 660. The Morgan fingerprint density at radius 3 is 2.65 bits per heavy atom. The summed E-state index contributed by atoms with van der Waals surface area (Å²) in [7, 11) is 2.11. The number of amides is 1. The number of hydrogen-bond donors (Lipinski definition) is 2. The number of aromatic nitrogens is 1. The molecule has 0 aliphatic carbocycles. The molecule has 0 aromatic carbocycles. The summed E-state index contributed by atoms with van der Waals surface area (Å²) in [6.45, 7) is 3.86. The van der Waals surface area contributed by atoms with Crippen molar-refractivity contribution in [3.05, 3.63) is 17.3 Å². The maximum Gasteiger partial charge on any atom is 0.260 e. The number of likely N-dealkylation sites (N-methyl/N-ethyl adjacent to an activating group) is 1. The van der Waals surface area contributed by atoms with Crippen LogP contribution in [0, 0.1) is 0 Å². The zero-order chi connectivity index (χ0) is 14.3. The van der Waals surface area contributed by atoms with Gasteiger partial charge in [0.1, 0.15) is 4.88 Å². The number of thiophene rings is 1. The summed E-state index contributed by atoms with van der Waals surface area (Å²) in [5.74, 6) is -0.479. The Balaban J connectivity index is 2.09. The van der Waals surface area contributed by atoms with Gasteiger partial charge in [0.2, 0.25) is 0 Å². The highest BCUT2D eigenvalue weighted by Crippen LogP contribution is 2.39. The van der Waals surface area contributed by atoms with E-state index in [1.807, 2.05) is 6.20 Å². The number of rotatable bonds is 2. The number of anilines is 2. The molecule has 106 valence electrons. The van der Waals surface area contributed by atoms with Crippen molar-refractivity contribution in [1.29, 1.82) is 0 Å². The van der Waals surface area contributed by atoms with E-state index in [0.717, 1.165) is 42.0 Å². The van der Waals surface area contributed by atoms with Crippen LogP contribution in [0.25, 0.3) is 10.1 Å². The molecule has 1 aliphatic rings. The number of carbonyl (C=O) groups is 1. The third-order valence-corrected chi connectivity index (χ3v) is 4.84. The van der Waals surface area contributed by atoms with Crippen LogP contribution in [0.2, 0.25) is 0 Å². The summed E-state index contributed by atoms with van der Waals surface area (Å²) in [4.78, 5) is 20.7. The normalized spacial score (nSPS) is 16.8. The van der Waals surface area contributed by atoms with Crippen LogP contribution >= 0.6 is 11.3 Å². The molecular weight excluding hydrogens is 274 g/mol. The molecule has 20 heavy (non-hydrogen) atoms. The minimum Gasteiger partial charge on any atom is -0.397 e. The monoisotopic (exact) mass is 291 g/mol. The van der Waals surface area contributed by atoms with Crippen molar-refractivity contribution in [2.24, 2.45) is 5.73 Å². The number of nitrogen functional groups attached to an aromatic ring is 1. The van der Waals surface area contributed by atoms with Gasteiger partial charge in [0, 0.05) is 37.8 Å². The van der Waals surface area contributed by atoms with Crippen molar-refractivity contribution in [2.75, 3.05) is 43.9 Å². The van der Waals surface area contributed by atoms with Crippen LogP contribution < -0.4 is 16.4 Å². The van der Waals surface area contributed by atoms with E-state index in [-0.39, 0.29) is 0 Å². The maximum atomic E-state index is 11.4. The van der Waals surface area contributed by atoms with Gasteiger partial charge in [0.25, 0.3) is 5.91 Å². The molecule has 6 nitrogen and oxygen atoms in total. The van der Waals surface area contributed by atoms with E-state index in [9.17, 15) is 4.79 Å². The van der Waals surface area contributed by atoms with Gasteiger partial charge >= 0.3 is 0 Å². The highest BCUT2D eigenvalue weighted by molar-refractivity contribution is 7.21. The van der Waals surface area contributed by atoms with E-state index in [0.29, 0.717) is 10.6 Å². The first-order chi connectivity index (χ1) is 9.58. The third-order valence-electron chi connectivity index (χ3n) is 3.68. The number of carbonyl (C=O) groups excluding carboxylic acids is 1. The number of primary amides is 1. The average Bonchev–Trinajstić information content (AvgIpc) is 2.77. The van der Waals surface area contributed by atoms with Crippen molar-refractivity contribution < 1.29 is 4.79 Å². The molecule has 4 N–H and O–H groups in total. The summed E-state index contributed by atoms with van der Waals surface area (Å²) in [6, 6.07) is 0. The second-order valence-electron chi connectivity index (χ2n) is 5.03. The lowest BCUT2D eigenvalue weighted by Gasteiger charge is -2.34. The molecule has 1 amide bonds. The maximum absolute atomic E-state index is 11.4. The third kappa shape index (κ3) is 2.08. The summed E-state index contributed by atoms with van der Waals surface area (Å²) in [6.07, 6.45) is 3.56. The summed E-state index contributed by atoms with van der Waals surface area (Å²) >= 11 is 1.31. The van der Waals surface area contributed by atoms with E-state index in [4.69, 9.17) is 11.5 Å².